The van der Waals surface area contributed by atoms with Crippen LogP contribution < -0.4 is 0 Å². The largest absolute Gasteiger partial charge is 0.300 e. The molecule has 0 aliphatic rings. The van der Waals surface area contributed by atoms with Crippen LogP contribution in [-0.2, 0) is 4.79 Å². The standard InChI is InChI=1S/C18H34O/c1-5-7-8-11-16(3)12-9-13-17(4)14-10-15-18(19)6-2/h14,16H,5-13,15H2,1-4H3/b17-14+. The van der Waals surface area contributed by atoms with Gasteiger partial charge in [0.15, 0.2) is 0 Å². The third-order valence-electron chi connectivity index (χ3n) is 3.88. The first-order chi connectivity index (χ1) is 9.10. The maximum Gasteiger partial charge on any atom is 0.132 e. The molecule has 1 heteroatoms. The average molecular weight is 266 g/mol. The van der Waals surface area contributed by atoms with E-state index in [0.717, 1.165) is 18.8 Å². The van der Waals surface area contributed by atoms with Crippen LogP contribution in [0.15, 0.2) is 11.6 Å². The molecular weight excluding hydrogens is 232 g/mol. The topological polar surface area (TPSA) is 17.1 Å². The van der Waals surface area contributed by atoms with Crippen molar-refractivity contribution in [2.45, 2.75) is 91.9 Å². The smallest absolute Gasteiger partial charge is 0.132 e. The number of Topliss-reactive ketones (excluding diaryl/α,β-unsaturated/α-hetero) is 1. The van der Waals surface area contributed by atoms with Crippen LogP contribution in [0.3, 0.4) is 0 Å². The van der Waals surface area contributed by atoms with Gasteiger partial charge in [-0.05, 0) is 32.1 Å². The summed E-state index contributed by atoms with van der Waals surface area (Å²) in [7, 11) is 0. The minimum atomic E-state index is 0.383. The van der Waals surface area contributed by atoms with Crippen molar-refractivity contribution >= 4 is 5.78 Å². The monoisotopic (exact) mass is 266 g/mol. The zero-order valence-corrected chi connectivity index (χ0v) is 13.6. The molecule has 0 rings (SSSR count). The Kier molecular flexibility index (Phi) is 12.1. The minimum Gasteiger partial charge on any atom is -0.300 e. The summed E-state index contributed by atoms with van der Waals surface area (Å²) >= 11 is 0. The van der Waals surface area contributed by atoms with Gasteiger partial charge in [-0.15, -0.1) is 0 Å². The first-order valence-corrected chi connectivity index (χ1v) is 8.27. The number of carbonyl (C=O) groups excluding carboxylic acids is 1. The van der Waals surface area contributed by atoms with Gasteiger partial charge in [-0.2, -0.15) is 0 Å². The third kappa shape index (κ3) is 12.2. The van der Waals surface area contributed by atoms with Crippen LogP contribution in [0, 0.1) is 5.92 Å². The van der Waals surface area contributed by atoms with Crippen molar-refractivity contribution in [2.24, 2.45) is 5.92 Å². The summed E-state index contributed by atoms with van der Waals surface area (Å²) < 4.78 is 0. The Morgan fingerprint density at radius 3 is 2.37 bits per heavy atom. The summed E-state index contributed by atoms with van der Waals surface area (Å²) in [5, 5.41) is 0. The van der Waals surface area contributed by atoms with Gasteiger partial charge in [0.2, 0.25) is 0 Å². The van der Waals surface area contributed by atoms with E-state index in [1.165, 1.54) is 50.5 Å². The molecule has 0 aromatic carbocycles. The molecule has 0 aliphatic carbocycles. The predicted molar refractivity (Wildman–Crippen MR) is 85.4 cm³/mol. The molecule has 0 N–H and O–H groups in total. The lowest BCUT2D eigenvalue weighted by atomic mass is 9.96. The number of unbranched alkanes of at least 4 members (excludes halogenated alkanes) is 2. The zero-order valence-electron chi connectivity index (χ0n) is 13.6. The van der Waals surface area contributed by atoms with Crippen molar-refractivity contribution in [1.82, 2.24) is 0 Å². The molecule has 112 valence electrons. The van der Waals surface area contributed by atoms with E-state index in [9.17, 15) is 4.79 Å². The van der Waals surface area contributed by atoms with Crippen molar-refractivity contribution in [3.8, 4) is 0 Å². The minimum absolute atomic E-state index is 0.383. The molecule has 0 aromatic rings. The summed E-state index contributed by atoms with van der Waals surface area (Å²) in [5.74, 6) is 1.26. The van der Waals surface area contributed by atoms with Crippen LogP contribution in [0.4, 0.5) is 0 Å². The zero-order chi connectivity index (χ0) is 14.5. The lowest BCUT2D eigenvalue weighted by Crippen LogP contribution is -1.95. The Bertz CT molecular complexity index is 252. The Morgan fingerprint density at radius 2 is 1.74 bits per heavy atom. The van der Waals surface area contributed by atoms with Gasteiger partial charge in [0.1, 0.15) is 5.78 Å². The summed E-state index contributed by atoms with van der Waals surface area (Å²) in [6.45, 7) is 8.80. The predicted octanol–water partition coefficient (Wildman–Crippen LogP) is 6.08. The van der Waals surface area contributed by atoms with E-state index >= 15 is 0 Å². The summed E-state index contributed by atoms with van der Waals surface area (Å²) in [6, 6.07) is 0. The molecule has 0 radical (unpaired) electrons. The lowest BCUT2D eigenvalue weighted by Gasteiger charge is -2.10. The molecule has 1 nitrogen and oxygen atoms in total. The first-order valence-electron chi connectivity index (χ1n) is 8.27. The van der Waals surface area contributed by atoms with E-state index in [0.29, 0.717) is 12.2 Å². The molecule has 0 saturated heterocycles. The van der Waals surface area contributed by atoms with Gasteiger partial charge in [0.05, 0.1) is 0 Å². The molecule has 0 aromatic heterocycles. The maximum atomic E-state index is 11.2. The SMILES string of the molecule is CCCCCC(C)CCC/C(C)=C/CCC(=O)CC. The van der Waals surface area contributed by atoms with Crippen LogP contribution in [-0.4, -0.2) is 5.78 Å². The van der Waals surface area contributed by atoms with Crippen LogP contribution in [0.5, 0.6) is 0 Å². The van der Waals surface area contributed by atoms with E-state index in [2.05, 4.69) is 26.8 Å². The van der Waals surface area contributed by atoms with Crippen molar-refractivity contribution in [2.75, 3.05) is 0 Å². The normalized spacial score (nSPS) is 13.6. The fraction of sp³-hybridized carbons (Fsp3) is 0.833. The van der Waals surface area contributed by atoms with E-state index in [4.69, 9.17) is 0 Å². The molecule has 0 fully saturated rings. The molecule has 0 spiro atoms. The van der Waals surface area contributed by atoms with Gasteiger partial charge in [0.25, 0.3) is 0 Å². The highest BCUT2D eigenvalue weighted by atomic mass is 16.1. The maximum absolute atomic E-state index is 11.2. The molecule has 1 unspecified atom stereocenters. The van der Waals surface area contributed by atoms with Gasteiger partial charge in [-0.3, -0.25) is 4.79 Å². The van der Waals surface area contributed by atoms with Crippen molar-refractivity contribution in [3.63, 3.8) is 0 Å². The van der Waals surface area contributed by atoms with Gasteiger partial charge >= 0.3 is 0 Å². The summed E-state index contributed by atoms with van der Waals surface area (Å²) in [6.07, 6.45) is 14.0. The number of ketones is 1. The van der Waals surface area contributed by atoms with E-state index in [1.807, 2.05) is 6.92 Å². The molecule has 0 amide bonds. The molecule has 1 atom stereocenters. The van der Waals surface area contributed by atoms with Crippen LogP contribution in [0.1, 0.15) is 91.9 Å². The van der Waals surface area contributed by atoms with E-state index in [-0.39, 0.29) is 0 Å². The Labute approximate surface area is 120 Å². The highest BCUT2D eigenvalue weighted by molar-refractivity contribution is 5.78. The molecule has 0 heterocycles. The summed E-state index contributed by atoms with van der Waals surface area (Å²) in [5.41, 5.74) is 1.46. The van der Waals surface area contributed by atoms with Crippen LogP contribution >= 0.6 is 0 Å². The Morgan fingerprint density at radius 1 is 1.05 bits per heavy atom. The summed E-state index contributed by atoms with van der Waals surface area (Å²) in [4.78, 5) is 11.2. The number of carbonyl (C=O) groups is 1. The fourth-order valence-corrected chi connectivity index (χ4v) is 2.37. The number of hydrogen-bond donors (Lipinski definition) is 0. The number of hydrogen-bond acceptors (Lipinski definition) is 1. The average Bonchev–Trinajstić information content (AvgIpc) is 2.38. The van der Waals surface area contributed by atoms with E-state index in [1.54, 1.807) is 0 Å². The highest BCUT2D eigenvalue weighted by Gasteiger charge is 2.02. The molecular formula is C18H34O. The molecule has 19 heavy (non-hydrogen) atoms. The van der Waals surface area contributed by atoms with Crippen molar-refractivity contribution in [1.29, 1.82) is 0 Å². The lowest BCUT2D eigenvalue weighted by molar-refractivity contribution is -0.118. The fourth-order valence-electron chi connectivity index (χ4n) is 2.37. The quantitative estimate of drug-likeness (QED) is 0.309. The third-order valence-corrected chi connectivity index (χ3v) is 3.88. The van der Waals surface area contributed by atoms with Crippen LogP contribution in [0.25, 0.3) is 0 Å². The van der Waals surface area contributed by atoms with Gasteiger partial charge in [-0.1, -0.05) is 64.5 Å². The Balaban J connectivity index is 3.58. The second kappa shape index (κ2) is 12.4. The number of rotatable bonds is 12. The second-order valence-corrected chi connectivity index (χ2v) is 5.97. The number of allylic oxidation sites excluding steroid dienone is 2. The first kappa shape index (κ1) is 18.4. The molecule has 0 bridgehead atoms. The molecule has 0 aliphatic heterocycles. The van der Waals surface area contributed by atoms with Gasteiger partial charge < -0.3 is 0 Å². The molecule has 0 saturated carbocycles. The van der Waals surface area contributed by atoms with Crippen LogP contribution in [0.2, 0.25) is 0 Å². The van der Waals surface area contributed by atoms with Crippen molar-refractivity contribution < 1.29 is 4.79 Å². The van der Waals surface area contributed by atoms with Gasteiger partial charge in [0, 0.05) is 12.8 Å². The second-order valence-electron chi connectivity index (χ2n) is 5.97. The van der Waals surface area contributed by atoms with Crippen molar-refractivity contribution in [3.05, 3.63) is 11.6 Å². The Hall–Kier alpha value is -0.590. The highest BCUT2D eigenvalue weighted by Crippen LogP contribution is 2.18. The van der Waals surface area contributed by atoms with Gasteiger partial charge in [-0.25, -0.2) is 0 Å². The van der Waals surface area contributed by atoms with E-state index < -0.39 is 0 Å².